The van der Waals surface area contributed by atoms with Crippen LogP contribution in [0.3, 0.4) is 0 Å². The number of hydrogen-bond donors (Lipinski definition) is 0. The molecule has 1 spiro atoms. The number of rotatable bonds is 3. The van der Waals surface area contributed by atoms with Crippen LogP contribution >= 0.6 is 0 Å². The Morgan fingerprint density at radius 2 is 1.80 bits per heavy atom. The summed E-state index contributed by atoms with van der Waals surface area (Å²) >= 11 is 0. The van der Waals surface area contributed by atoms with Crippen molar-refractivity contribution in [3.63, 3.8) is 0 Å². The molecule has 2 aromatic carbocycles. The van der Waals surface area contributed by atoms with E-state index in [-0.39, 0.29) is 18.1 Å². The highest BCUT2D eigenvalue weighted by Gasteiger charge is 2.43. The molecule has 8 heteroatoms. The Balaban J connectivity index is 1.35. The third-order valence-corrected chi connectivity index (χ3v) is 5.66. The highest BCUT2D eigenvalue weighted by molar-refractivity contribution is 6.01. The van der Waals surface area contributed by atoms with Gasteiger partial charge in [0.25, 0.3) is 0 Å². The van der Waals surface area contributed by atoms with Crippen molar-refractivity contribution in [2.45, 2.75) is 37.5 Å². The van der Waals surface area contributed by atoms with E-state index in [4.69, 9.17) is 4.84 Å². The summed E-state index contributed by atoms with van der Waals surface area (Å²) in [6.45, 7) is 0.955. The lowest BCUT2D eigenvalue weighted by molar-refractivity contribution is -0.138. The lowest BCUT2D eigenvalue weighted by atomic mass is 9.85. The lowest BCUT2D eigenvalue weighted by Crippen LogP contribution is -2.47. The largest absolute Gasteiger partial charge is 0.416 e. The first-order valence-corrected chi connectivity index (χ1v) is 9.69. The Hall–Kier alpha value is -2.90. The van der Waals surface area contributed by atoms with E-state index in [1.54, 1.807) is 23.1 Å². The molecule has 1 fully saturated rings. The van der Waals surface area contributed by atoms with Crippen LogP contribution in [0.15, 0.2) is 53.7 Å². The van der Waals surface area contributed by atoms with Crippen molar-refractivity contribution in [1.82, 2.24) is 4.90 Å². The van der Waals surface area contributed by atoms with Gasteiger partial charge in [0.15, 0.2) is 0 Å². The zero-order valence-corrected chi connectivity index (χ0v) is 16.1. The monoisotopic (exact) mass is 420 g/mol. The molecule has 2 heterocycles. The number of benzene rings is 2. The van der Waals surface area contributed by atoms with Gasteiger partial charge in [-0.2, -0.15) is 13.2 Å². The predicted molar refractivity (Wildman–Crippen MR) is 102 cm³/mol. The van der Waals surface area contributed by atoms with Gasteiger partial charge in [-0.1, -0.05) is 29.4 Å². The van der Waals surface area contributed by atoms with E-state index in [0.29, 0.717) is 43.6 Å². The highest BCUT2D eigenvalue weighted by Crippen LogP contribution is 2.37. The van der Waals surface area contributed by atoms with E-state index in [1.807, 2.05) is 0 Å². The van der Waals surface area contributed by atoms with E-state index in [1.165, 1.54) is 18.2 Å². The third-order valence-electron chi connectivity index (χ3n) is 5.66. The molecule has 1 saturated heterocycles. The van der Waals surface area contributed by atoms with Crippen LogP contribution in [-0.2, 0) is 22.2 Å². The number of hydrogen-bond acceptors (Lipinski definition) is 3. The molecule has 0 atom stereocenters. The van der Waals surface area contributed by atoms with Crippen molar-refractivity contribution in [2.24, 2.45) is 5.16 Å². The highest BCUT2D eigenvalue weighted by atomic mass is 19.4. The lowest BCUT2D eigenvalue weighted by Gasteiger charge is -2.37. The molecule has 30 heavy (non-hydrogen) atoms. The van der Waals surface area contributed by atoms with Crippen LogP contribution < -0.4 is 0 Å². The summed E-state index contributed by atoms with van der Waals surface area (Å²) in [6, 6.07) is 10.9. The second-order valence-electron chi connectivity index (χ2n) is 7.75. The van der Waals surface area contributed by atoms with Crippen molar-refractivity contribution in [1.29, 1.82) is 0 Å². The van der Waals surface area contributed by atoms with Crippen molar-refractivity contribution in [3.8, 4) is 0 Å². The summed E-state index contributed by atoms with van der Waals surface area (Å²) in [4.78, 5) is 19.9. The van der Waals surface area contributed by atoms with E-state index >= 15 is 0 Å². The van der Waals surface area contributed by atoms with Crippen LogP contribution in [0.25, 0.3) is 0 Å². The first-order valence-electron chi connectivity index (χ1n) is 9.69. The fourth-order valence-electron chi connectivity index (χ4n) is 3.87. The summed E-state index contributed by atoms with van der Waals surface area (Å²) in [7, 11) is 0. The van der Waals surface area contributed by atoms with Gasteiger partial charge < -0.3 is 9.74 Å². The smallest absolute Gasteiger partial charge is 0.388 e. The fourth-order valence-corrected chi connectivity index (χ4v) is 3.87. The van der Waals surface area contributed by atoms with Crippen LogP contribution in [-0.4, -0.2) is 35.2 Å². The number of carbonyl (C=O) groups excluding carboxylic acids is 1. The van der Waals surface area contributed by atoms with Crippen molar-refractivity contribution < 1.29 is 27.2 Å². The normalized spacial score (nSPS) is 18.3. The Morgan fingerprint density at radius 3 is 2.47 bits per heavy atom. The average molecular weight is 420 g/mol. The number of oxime groups is 1. The number of alkyl halides is 3. The van der Waals surface area contributed by atoms with Crippen LogP contribution in [0.1, 0.15) is 36.0 Å². The first kappa shape index (κ1) is 20.4. The Kier molecular flexibility index (Phi) is 5.26. The van der Waals surface area contributed by atoms with E-state index < -0.39 is 17.3 Å². The molecule has 2 aliphatic heterocycles. The van der Waals surface area contributed by atoms with Crippen molar-refractivity contribution in [3.05, 3.63) is 71.0 Å². The maximum Gasteiger partial charge on any atom is 0.416 e. The third kappa shape index (κ3) is 4.32. The minimum Gasteiger partial charge on any atom is -0.388 e. The van der Waals surface area contributed by atoms with Gasteiger partial charge in [0.05, 0.1) is 17.7 Å². The molecular formula is C22H20F4N2O2. The van der Waals surface area contributed by atoms with E-state index in [0.717, 1.165) is 17.7 Å². The molecule has 0 unspecified atom stereocenters. The SMILES string of the molecule is O=C(Cc1ccc(F)cc1)N1CCC2(CC1)CC(c1cccc(C(F)(F)F)c1)=NO2. The van der Waals surface area contributed by atoms with E-state index in [9.17, 15) is 22.4 Å². The fraction of sp³-hybridized carbons (Fsp3) is 0.364. The number of carbonyl (C=O) groups is 1. The average Bonchev–Trinajstić information content (AvgIpc) is 3.13. The predicted octanol–water partition coefficient (Wildman–Crippen LogP) is 4.57. The zero-order chi connectivity index (χ0) is 21.4. The van der Waals surface area contributed by atoms with Crippen molar-refractivity contribution >= 4 is 11.6 Å². The van der Waals surface area contributed by atoms with Gasteiger partial charge in [-0.25, -0.2) is 4.39 Å². The second-order valence-corrected chi connectivity index (χ2v) is 7.75. The molecule has 158 valence electrons. The number of halogens is 4. The molecule has 4 rings (SSSR count). The van der Waals surface area contributed by atoms with Gasteiger partial charge in [0.1, 0.15) is 11.4 Å². The van der Waals surface area contributed by atoms with Gasteiger partial charge in [0.2, 0.25) is 5.91 Å². The van der Waals surface area contributed by atoms with Gasteiger partial charge in [-0.05, 0) is 29.8 Å². The zero-order valence-electron chi connectivity index (χ0n) is 16.1. The quantitative estimate of drug-likeness (QED) is 0.683. The summed E-state index contributed by atoms with van der Waals surface area (Å²) in [5.41, 5.74) is 0.332. The van der Waals surface area contributed by atoms with Gasteiger partial charge in [0, 0.05) is 37.9 Å². The summed E-state index contributed by atoms with van der Waals surface area (Å²) in [5.74, 6) is -0.394. The molecule has 2 aliphatic rings. The van der Waals surface area contributed by atoms with Crippen LogP contribution in [0.2, 0.25) is 0 Å². The summed E-state index contributed by atoms with van der Waals surface area (Å²) < 4.78 is 51.9. The Morgan fingerprint density at radius 1 is 1.10 bits per heavy atom. The molecule has 4 nitrogen and oxygen atoms in total. The molecule has 0 bridgehead atoms. The van der Waals surface area contributed by atoms with Gasteiger partial charge >= 0.3 is 6.18 Å². The number of piperidine rings is 1. The minimum absolute atomic E-state index is 0.0477. The Labute approximate surface area is 171 Å². The molecule has 0 aliphatic carbocycles. The topological polar surface area (TPSA) is 41.9 Å². The minimum atomic E-state index is -4.41. The Bertz CT molecular complexity index is 962. The molecule has 2 aromatic rings. The summed E-state index contributed by atoms with van der Waals surface area (Å²) in [5, 5.41) is 4.06. The van der Waals surface area contributed by atoms with Crippen molar-refractivity contribution in [2.75, 3.05) is 13.1 Å². The molecule has 0 saturated carbocycles. The number of amides is 1. The molecular weight excluding hydrogens is 400 g/mol. The van der Waals surface area contributed by atoms with Crippen LogP contribution in [0, 0.1) is 5.82 Å². The van der Waals surface area contributed by atoms with Gasteiger partial charge in [-0.15, -0.1) is 0 Å². The maximum atomic E-state index is 13.0. The number of likely N-dealkylation sites (tertiary alicyclic amines) is 1. The molecule has 0 aromatic heterocycles. The van der Waals surface area contributed by atoms with Crippen LogP contribution in [0.5, 0.6) is 0 Å². The van der Waals surface area contributed by atoms with Crippen LogP contribution in [0.4, 0.5) is 17.6 Å². The standard InChI is InChI=1S/C22H20F4N2O2/c23-18-6-4-15(5-7-18)12-20(29)28-10-8-21(9-11-28)14-19(27-30-21)16-2-1-3-17(13-16)22(24,25)26/h1-7,13H,8-12,14H2. The maximum absolute atomic E-state index is 13.0. The first-order chi connectivity index (χ1) is 14.2. The molecule has 1 amide bonds. The second kappa shape index (κ2) is 7.74. The molecule has 0 radical (unpaired) electrons. The summed E-state index contributed by atoms with van der Waals surface area (Å²) in [6.07, 6.45) is -2.71. The number of nitrogens with zero attached hydrogens (tertiary/aromatic N) is 2. The molecule has 0 N–H and O–H groups in total. The van der Waals surface area contributed by atoms with E-state index in [2.05, 4.69) is 5.16 Å². The van der Waals surface area contributed by atoms with Gasteiger partial charge in [-0.3, -0.25) is 4.79 Å².